The van der Waals surface area contributed by atoms with Gasteiger partial charge in [0.15, 0.2) is 0 Å². The van der Waals surface area contributed by atoms with Crippen molar-refractivity contribution in [2.75, 3.05) is 0 Å². The topological polar surface area (TPSA) is 73.1 Å². The van der Waals surface area contributed by atoms with Gasteiger partial charge in [-0.1, -0.05) is 19.3 Å². The highest BCUT2D eigenvalue weighted by molar-refractivity contribution is 5.96. The van der Waals surface area contributed by atoms with Gasteiger partial charge in [0.25, 0.3) is 5.91 Å². The molecule has 0 aliphatic heterocycles. The SMILES string of the molecule is Cc1cc(O)ccc1C(=O)NC1(C#N)CCCCC1. The standard InChI is InChI=1S/C15H18N2O2/c1-11-9-12(18)5-6-13(11)14(19)17-15(10-16)7-3-2-4-8-15/h5-6,9,18H,2-4,7-8H2,1H3,(H,17,19). The Kier molecular flexibility index (Phi) is 3.75. The second-order valence-corrected chi connectivity index (χ2v) is 5.21. The number of carbonyl (C=O) groups is 1. The van der Waals surface area contributed by atoms with E-state index in [4.69, 9.17) is 0 Å². The first-order valence-electron chi connectivity index (χ1n) is 6.60. The average molecular weight is 258 g/mol. The fourth-order valence-electron chi connectivity index (χ4n) is 2.61. The van der Waals surface area contributed by atoms with Crippen molar-refractivity contribution < 1.29 is 9.90 Å². The molecule has 100 valence electrons. The number of phenols is 1. The minimum absolute atomic E-state index is 0.140. The number of amides is 1. The maximum Gasteiger partial charge on any atom is 0.252 e. The number of aryl methyl sites for hydroxylation is 1. The predicted molar refractivity (Wildman–Crippen MR) is 71.7 cm³/mol. The molecule has 0 atom stereocenters. The first-order chi connectivity index (χ1) is 9.06. The molecular weight excluding hydrogens is 240 g/mol. The summed E-state index contributed by atoms with van der Waals surface area (Å²) in [6, 6.07) is 6.90. The smallest absolute Gasteiger partial charge is 0.252 e. The number of aromatic hydroxyl groups is 1. The fourth-order valence-corrected chi connectivity index (χ4v) is 2.61. The van der Waals surface area contributed by atoms with Crippen LogP contribution in [0.2, 0.25) is 0 Å². The van der Waals surface area contributed by atoms with Gasteiger partial charge in [0.1, 0.15) is 11.3 Å². The van der Waals surface area contributed by atoms with E-state index in [1.807, 2.05) is 0 Å². The van der Waals surface area contributed by atoms with Crippen LogP contribution in [0.3, 0.4) is 0 Å². The van der Waals surface area contributed by atoms with Crippen LogP contribution in [0.25, 0.3) is 0 Å². The molecule has 1 aromatic rings. The molecule has 0 radical (unpaired) electrons. The second-order valence-electron chi connectivity index (χ2n) is 5.21. The molecular formula is C15H18N2O2. The van der Waals surface area contributed by atoms with Gasteiger partial charge < -0.3 is 10.4 Å². The summed E-state index contributed by atoms with van der Waals surface area (Å²) >= 11 is 0. The Morgan fingerprint density at radius 2 is 2.05 bits per heavy atom. The van der Waals surface area contributed by atoms with Crippen LogP contribution < -0.4 is 5.32 Å². The predicted octanol–water partition coefficient (Wildman–Crippen LogP) is 2.66. The third-order valence-electron chi connectivity index (χ3n) is 3.73. The first-order valence-corrected chi connectivity index (χ1v) is 6.60. The normalized spacial score (nSPS) is 17.5. The molecule has 1 fully saturated rings. The van der Waals surface area contributed by atoms with Crippen LogP contribution in [0.1, 0.15) is 48.0 Å². The van der Waals surface area contributed by atoms with Gasteiger partial charge in [-0.15, -0.1) is 0 Å². The molecule has 2 rings (SSSR count). The number of benzene rings is 1. The van der Waals surface area contributed by atoms with Crippen molar-refractivity contribution >= 4 is 5.91 Å². The van der Waals surface area contributed by atoms with Crippen molar-refractivity contribution in [3.63, 3.8) is 0 Å². The number of nitriles is 1. The summed E-state index contributed by atoms with van der Waals surface area (Å²) in [5.74, 6) is -0.0948. The lowest BCUT2D eigenvalue weighted by molar-refractivity contribution is 0.0902. The molecule has 0 unspecified atom stereocenters. The molecule has 0 saturated heterocycles. The largest absolute Gasteiger partial charge is 0.508 e. The van der Waals surface area contributed by atoms with E-state index < -0.39 is 5.54 Å². The van der Waals surface area contributed by atoms with E-state index in [0.29, 0.717) is 24.0 Å². The summed E-state index contributed by atoms with van der Waals surface area (Å²) in [5, 5.41) is 21.6. The van der Waals surface area contributed by atoms with Gasteiger partial charge in [-0.25, -0.2) is 0 Å². The number of phenolic OH excluding ortho intramolecular Hbond substituents is 1. The van der Waals surface area contributed by atoms with E-state index in [9.17, 15) is 15.2 Å². The molecule has 4 heteroatoms. The molecule has 1 aromatic carbocycles. The molecule has 0 bridgehead atoms. The van der Waals surface area contributed by atoms with E-state index in [0.717, 1.165) is 19.3 Å². The highest BCUT2D eigenvalue weighted by Gasteiger charge is 2.34. The van der Waals surface area contributed by atoms with Crippen LogP contribution in [-0.4, -0.2) is 16.6 Å². The van der Waals surface area contributed by atoms with Crippen LogP contribution in [-0.2, 0) is 0 Å². The Hall–Kier alpha value is -2.02. The lowest BCUT2D eigenvalue weighted by Crippen LogP contribution is -2.48. The molecule has 2 N–H and O–H groups in total. The first kappa shape index (κ1) is 13.4. The van der Waals surface area contributed by atoms with E-state index >= 15 is 0 Å². The van der Waals surface area contributed by atoms with E-state index in [-0.39, 0.29) is 11.7 Å². The molecule has 0 heterocycles. The van der Waals surface area contributed by atoms with E-state index in [1.54, 1.807) is 19.1 Å². The number of nitrogens with one attached hydrogen (secondary N) is 1. The molecule has 19 heavy (non-hydrogen) atoms. The number of hydrogen-bond donors (Lipinski definition) is 2. The van der Waals surface area contributed by atoms with Crippen molar-refractivity contribution in [3.8, 4) is 11.8 Å². The third kappa shape index (κ3) is 2.87. The van der Waals surface area contributed by atoms with Crippen LogP contribution >= 0.6 is 0 Å². The van der Waals surface area contributed by atoms with Crippen LogP contribution in [0.4, 0.5) is 0 Å². The van der Waals surface area contributed by atoms with Gasteiger partial charge >= 0.3 is 0 Å². The van der Waals surface area contributed by atoms with Crippen molar-refractivity contribution in [2.24, 2.45) is 0 Å². The Bertz CT molecular complexity index is 525. The molecule has 1 amide bonds. The maximum atomic E-state index is 12.3. The third-order valence-corrected chi connectivity index (χ3v) is 3.73. The highest BCUT2D eigenvalue weighted by Crippen LogP contribution is 2.28. The van der Waals surface area contributed by atoms with Crippen LogP contribution in [0.5, 0.6) is 5.75 Å². The zero-order valence-corrected chi connectivity index (χ0v) is 11.1. The van der Waals surface area contributed by atoms with Crippen LogP contribution in [0.15, 0.2) is 18.2 Å². The monoisotopic (exact) mass is 258 g/mol. The molecule has 1 aliphatic rings. The minimum Gasteiger partial charge on any atom is -0.508 e. The summed E-state index contributed by atoms with van der Waals surface area (Å²) in [5.41, 5.74) is 0.499. The van der Waals surface area contributed by atoms with Gasteiger partial charge in [0.2, 0.25) is 0 Å². The van der Waals surface area contributed by atoms with Gasteiger partial charge in [-0.3, -0.25) is 4.79 Å². The maximum absolute atomic E-state index is 12.3. The molecule has 4 nitrogen and oxygen atoms in total. The lowest BCUT2D eigenvalue weighted by Gasteiger charge is -2.31. The van der Waals surface area contributed by atoms with Crippen molar-refractivity contribution in [2.45, 2.75) is 44.6 Å². The minimum atomic E-state index is -0.723. The highest BCUT2D eigenvalue weighted by atomic mass is 16.3. The molecule has 1 aliphatic carbocycles. The van der Waals surface area contributed by atoms with Gasteiger partial charge in [0.05, 0.1) is 6.07 Å². The van der Waals surface area contributed by atoms with E-state index in [2.05, 4.69) is 11.4 Å². The fraction of sp³-hybridized carbons (Fsp3) is 0.467. The summed E-state index contributed by atoms with van der Waals surface area (Å²) in [6.45, 7) is 1.77. The summed E-state index contributed by atoms with van der Waals surface area (Å²) in [7, 11) is 0. The zero-order chi connectivity index (χ0) is 13.9. The van der Waals surface area contributed by atoms with Crippen molar-refractivity contribution in [1.29, 1.82) is 5.26 Å². The van der Waals surface area contributed by atoms with Crippen LogP contribution in [0, 0.1) is 18.3 Å². The lowest BCUT2D eigenvalue weighted by atomic mass is 9.82. The summed E-state index contributed by atoms with van der Waals surface area (Å²) < 4.78 is 0. The van der Waals surface area contributed by atoms with Gasteiger partial charge in [-0.2, -0.15) is 5.26 Å². The Labute approximate surface area is 113 Å². The Morgan fingerprint density at radius 3 is 2.63 bits per heavy atom. The van der Waals surface area contributed by atoms with Crippen molar-refractivity contribution in [3.05, 3.63) is 29.3 Å². The molecule has 0 spiro atoms. The second kappa shape index (κ2) is 5.31. The number of nitrogens with zero attached hydrogens (tertiary/aromatic N) is 1. The molecule has 0 aromatic heterocycles. The number of rotatable bonds is 2. The number of hydrogen-bond acceptors (Lipinski definition) is 3. The summed E-state index contributed by atoms with van der Waals surface area (Å²) in [4.78, 5) is 12.3. The van der Waals surface area contributed by atoms with E-state index in [1.165, 1.54) is 6.07 Å². The zero-order valence-electron chi connectivity index (χ0n) is 11.1. The molecule has 1 saturated carbocycles. The Morgan fingerprint density at radius 1 is 1.37 bits per heavy atom. The summed E-state index contributed by atoms with van der Waals surface area (Å²) in [6.07, 6.45) is 4.50. The van der Waals surface area contributed by atoms with Gasteiger partial charge in [0, 0.05) is 5.56 Å². The quantitative estimate of drug-likeness (QED) is 0.856. The Balaban J connectivity index is 2.18. The van der Waals surface area contributed by atoms with Gasteiger partial charge in [-0.05, 0) is 43.5 Å². The number of carbonyl (C=O) groups excluding carboxylic acids is 1. The van der Waals surface area contributed by atoms with Crippen molar-refractivity contribution in [1.82, 2.24) is 5.32 Å². The average Bonchev–Trinajstić information content (AvgIpc) is 2.39.